The van der Waals surface area contributed by atoms with E-state index in [2.05, 4.69) is 20.6 Å². The number of anilines is 2. The van der Waals surface area contributed by atoms with Crippen molar-refractivity contribution >= 4 is 28.2 Å². The molecule has 0 saturated heterocycles. The maximum absolute atomic E-state index is 11.9. The predicted molar refractivity (Wildman–Crippen MR) is 75.3 cm³/mol. The first-order chi connectivity index (χ1) is 9.20. The molecule has 0 bridgehead atoms. The lowest BCUT2D eigenvalue weighted by Gasteiger charge is -2.04. The first kappa shape index (κ1) is 13.3. The average Bonchev–Trinajstić information content (AvgIpc) is 2.99. The molecule has 0 spiro atoms. The molecule has 2 aromatic rings. The van der Waals surface area contributed by atoms with Gasteiger partial charge in [-0.3, -0.25) is 4.79 Å². The minimum atomic E-state index is -0.195. The Kier molecular flexibility index (Phi) is 4.35. The summed E-state index contributed by atoms with van der Waals surface area (Å²) >= 11 is 1.26. The number of carbonyl (C=O) groups is 1. The van der Waals surface area contributed by atoms with E-state index in [-0.39, 0.29) is 11.7 Å². The van der Waals surface area contributed by atoms with Crippen LogP contribution in [0.25, 0.3) is 0 Å². The van der Waals surface area contributed by atoms with E-state index < -0.39 is 0 Å². The fraction of sp³-hybridized carbons (Fsp3) is 0.364. The van der Waals surface area contributed by atoms with Gasteiger partial charge >= 0.3 is 0 Å². The lowest BCUT2D eigenvalue weighted by Crippen LogP contribution is -2.26. The van der Waals surface area contributed by atoms with E-state index in [4.69, 9.17) is 5.73 Å². The summed E-state index contributed by atoms with van der Waals surface area (Å²) < 4.78 is 1.89. The number of nitrogens with one attached hydrogen (secondary N) is 2. The second-order valence-corrected chi connectivity index (χ2v) is 4.82. The van der Waals surface area contributed by atoms with Crippen LogP contribution in [0.1, 0.15) is 16.6 Å². The lowest BCUT2D eigenvalue weighted by atomic mass is 10.4. The molecule has 1 amide bonds. The standard InChI is InChI=1S/C11H16N6OS/c1-2-14-11-16-9(12)8(19-11)10(18)15-4-6-17-5-3-13-7-17/h3,5,7H,2,4,6,12H2,1H3,(H,14,16)(H,15,18). The topological polar surface area (TPSA) is 97.9 Å². The number of aromatic nitrogens is 3. The van der Waals surface area contributed by atoms with Crippen LogP contribution >= 0.6 is 11.3 Å². The highest BCUT2D eigenvalue weighted by molar-refractivity contribution is 7.18. The van der Waals surface area contributed by atoms with Gasteiger partial charge in [-0.25, -0.2) is 9.97 Å². The zero-order chi connectivity index (χ0) is 13.7. The van der Waals surface area contributed by atoms with E-state index in [0.29, 0.717) is 23.1 Å². The van der Waals surface area contributed by atoms with Crippen molar-refractivity contribution < 1.29 is 4.79 Å². The molecule has 19 heavy (non-hydrogen) atoms. The Morgan fingerprint density at radius 1 is 1.58 bits per heavy atom. The normalized spacial score (nSPS) is 10.4. The van der Waals surface area contributed by atoms with E-state index >= 15 is 0 Å². The largest absolute Gasteiger partial charge is 0.382 e. The van der Waals surface area contributed by atoms with Crippen LogP contribution in [0.2, 0.25) is 0 Å². The molecular formula is C11H16N6OS. The number of hydrogen-bond donors (Lipinski definition) is 3. The number of rotatable bonds is 6. The van der Waals surface area contributed by atoms with Crippen LogP contribution in [-0.2, 0) is 6.54 Å². The molecule has 0 fully saturated rings. The van der Waals surface area contributed by atoms with Crippen molar-refractivity contribution in [3.63, 3.8) is 0 Å². The minimum absolute atomic E-state index is 0.195. The van der Waals surface area contributed by atoms with Crippen LogP contribution in [-0.4, -0.2) is 33.5 Å². The summed E-state index contributed by atoms with van der Waals surface area (Å²) in [6.45, 7) is 3.89. The molecule has 0 saturated carbocycles. The van der Waals surface area contributed by atoms with E-state index in [1.807, 2.05) is 17.7 Å². The number of nitrogens with zero attached hydrogens (tertiary/aromatic N) is 3. The number of hydrogen-bond acceptors (Lipinski definition) is 6. The van der Waals surface area contributed by atoms with E-state index in [9.17, 15) is 4.79 Å². The maximum Gasteiger partial charge on any atom is 0.265 e. The van der Waals surface area contributed by atoms with Gasteiger partial charge < -0.3 is 20.9 Å². The summed E-state index contributed by atoms with van der Waals surface area (Å²) in [5.74, 6) is 0.0698. The fourth-order valence-electron chi connectivity index (χ4n) is 1.52. The van der Waals surface area contributed by atoms with Gasteiger partial charge in [0.05, 0.1) is 6.33 Å². The molecule has 2 heterocycles. The number of thiazole rings is 1. The maximum atomic E-state index is 11.9. The first-order valence-electron chi connectivity index (χ1n) is 5.94. The molecule has 2 aromatic heterocycles. The number of carbonyl (C=O) groups excluding carboxylic acids is 1. The van der Waals surface area contributed by atoms with Gasteiger partial charge in [-0.05, 0) is 6.92 Å². The number of amides is 1. The second-order valence-electron chi connectivity index (χ2n) is 3.82. The van der Waals surface area contributed by atoms with Crippen molar-refractivity contribution in [1.82, 2.24) is 19.9 Å². The van der Waals surface area contributed by atoms with E-state index in [0.717, 1.165) is 6.54 Å². The summed E-state index contributed by atoms with van der Waals surface area (Å²) in [5, 5.41) is 6.51. The van der Waals surface area contributed by atoms with Crippen molar-refractivity contribution in [2.24, 2.45) is 0 Å². The predicted octanol–water partition coefficient (Wildman–Crippen LogP) is 0.784. The SMILES string of the molecule is CCNc1nc(N)c(C(=O)NCCn2ccnc2)s1. The lowest BCUT2D eigenvalue weighted by molar-refractivity contribution is 0.0957. The zero-order valence-corrected chi connectivity index (χ0v) is 11.4. The van der Waals surface area contributed by atoms with Gasteiger partial charge in [-0.2, -0.15) is 0 Å². The van der Waals surface area contributed by atoms with Crippen molar-refractivity contribution in [1.29, 1.82) is 0 Å². The number of imidazole rings is 1. The zero-order valence-electron chi connectivity index (χ0n) is 10.6. The highest BCUT2D eigenvalue weighted by Gasteiger charge is 2.15. The highest BCUT2D eigenvalue weighted by Crippen LogP contribution is 2.24. The molecular weight excluding hydrogens is 264 g/mol. The summed E-state index contributed by atoms with van der Waals surface area (Å²) in [5.41, 5.74) is 5.72. The Labute approximate surface area is 114 Å². The van der Waals surface area contributed by atoms with Gasteiger partial charge in [0.1, 0.15) is 10.7 Å². The van der Waals surface area contributed by atoms with Crippen LogP contribution in [0.4, 0.5) is 10.9 Å². The minimum Gasteiger partial charge on any atom is -0.382 e. The van der Waals surface area contributed by atoms with Crippen LogP contribution in [0, 0.1) is 0 Å². The highest BCUT2D eigenvalue weighted by atomic mass is 32.1. The fourth-order valence-corrected chi connectivity index (χ4v) is 2.39. The molecule has 7 nitrogen and oxygen atoms in total. The van der Waals surface area contributed by atoms with Gasteiger partial charge in [0, 0.05) is 32.0 Å². The third kappa shape index (κ3) is 3.44. The third-order valence-electron chi connectivity index (χ3n) is 2.40. The van der Waals surface area contributed by atoms with Gasteiger partial charge in [0.25, 0.3) is 5.91 Å². The Balaban J connectivity index is 1.88. The third-order valence-corrected chi connectivity index (χ3v) is 3.43. The summed E-state index contributed by atoms with van der Waals surface area (Å²) in [6.07, 6.45) is 5.25. The Morgan fingerprint density at radius 3 is 3.11 bits per heavy atom. The Morgan fingerprint density at radius 2 is 2.42 bits per heavy atom. The van der Waals surface area contributed by atoms with E-state index in [1.54, 1.807) is 12.5 Å². The first-order valence-corrected chi connectivity index (χ1v) is 6.76. The average molecular weight is 280 g/mol. The molecule has 102 valence electrons. The molecule has 0 aliphatic carbocycles. The summed E-state index contributed by atoms with van der Waals surface area (Å²) in [6, 6.07) is 0. The van der Waals surface area contributed by atoms with Crippen molar-refractivity contribution in [3.05, 3.63) is 23.6 Å². The monoisotopic (exact) mass is 280 g/mol. The summed E-state index contributed by atoms with van der Waals surface area (Å²) in [4.78, 5) is 20.4. The summed E-state index contributed by atoms with van der Waals surface area (Å²) in [7, 11) is 0. The molecule has 0 aliphatic heterocycles. The molecule has 2 rings (SSSR count). The van der Waals surface area contributed by atoms with Crippen molar-refractivity contribution in [3.8, 4) is 0 Å². The van der Waals surface area contributed by atoms with Gasteiger partial charge in [0.15, 0.2) is 5.13 Å². The number of nitrogens with two attached hydrogens (primary N) is 1. The molecule has 0 aliphatic rings. The Hall–Kier alpha value is -2.09. The molecule has 0 aromatic carbocycles. The van der Waals surface area contributed by atoms with Crippen LogP contribution in [0.5, 0.6) is 0 Å². The van der Waals surface area contributed by atoms with Gasteiger partial charge in [-0.15, -0.1) is 0 Å². The molecule has 0 atom stereocenters. The van der Waals surface area contributed by atoms with Crippen molar-refractivity contribution in [2.45, 2.75) is 13.5 Å². The van der Waals surface area contributed by atoms with Crippen LogP contribution in [0.15, 0.2) is 18.7 Å². The molecule has 4 N–H and O–H groups in total. The van der Waals surface area contributed by atoms with Crippen molar-refractivity contribution in [2.75, 3.05) is 24.1 Å². The quantitative estimate of drug-likeness (QED) is 0.726. The molecule has 0 unspecified atom stereocenters. The van der Waals surface area contributed by atoms with Crippen LogP contribution in [0.3, 0.4) is 0 Å². The van der Waals surface area contributed by atoms with Gasteiger partial charge in [0.2, 0.25) is 0 Å². The van der Waals surface area contributed by atoms with Gasteiger partial charge in [-0.1, -0.05) is 11.3 Å². The second kappa shape index (κ2) is 6.19. The number of nitrogen functional groups attached to an aromatic ring is 1. The Bertz CT molecular complexity index is 535. The smallest absolute Gasteiger partial charge is 0.265 e. The van der Waals surface area contributed by atoms with E-state index in [1.165, 1.54) is 11.3 Å². The van der Waals surface area contributed by atoms with Crippen LogP contribution < -0.4 is 16.4 Å². The molecule has 8 heteroatoms. The molecule has 0 radical (unpaired) electrons.